The second-order valence-electron chi connectivity index (χ2n) is 3.49. The van der Waals surface area contributed by atoms with Crippen molar-refractivity contribution in [3.8, 4) is 0 Å². The van der Waals surface area contributed by atoms with Gasteiger partial charge in [-0.25, -0.2) is 0 Å². The highest BCUT2D eigenvalue weighted by atomic mass is 35.5. The molecule has 0 aliphatic heterocycles. The molecule has 0 amide bonds. The summed E-state index contributed by atoms with van der Waals surface area (Å²) in [5.74, 6) is 0. The Morgan fingerprint density at radius 3 is 2.73 bits per heavy atom. The van der Waals surface area contributed by atoms with Crippen LogP contribution in [0, 0.1) is 13.3 Å². The van der Waals surface area contributed by atoms with Crippen LogP contribution in [0.5, 0.6) is 0 Å². The monoisotopic (exact) mass is 216 g/mol. The maximum atomic E-state index is 5.86. The molecule has 15 heavy (non-hydrogen) atoms. The van der Waals surface area contributed by atoms with Gasteiger partial charge in [-0.2, -0.15) is 0 Å². The number of halogens is 1. The molecule has 2 aromatic rings. The van der Waals surface area contributed by atoms with Crippen molar-refractivity contribution in [2.45, 2.75) is 6.92 Å². The molecule has 0 aliphatic rings. The first-order chi connectivity index (χ1) is 7.24. The lowest BCUT2D eigenvalue weighted by molar-refractivity contribution is 1.27. The molecule has 1 aromatic heterocycles. The third-order valence-corrected chi connectivity index (χ3v) is 2.31. The maximum absolute atomic E-state index is 5.86. The minimum absolute atomic E-state index is 0.663. The van der Waals surface area contributed by atoms with Crippen LogP contribution in [-0.4, -0.2) is 4.98 Å². The Labute approximate surface area is 94.7 Å². The molecular weight excluding hydrogens is 206 g/mol. The number of rotatable bonds is 2. The van der Waals surface area contributed by atoms with Gasteiger partial charge in [0.1, 0.15) is 0 Å². The lowest BCUT2D eigenvalue weighted by Crippen LogP contribution is -1.87. The molecule has 0 unspecified atom stereocenters. The second kappa shape index (κ2) is 4.45. The maximum Gasteiger partial charge on any atom is 0.0592 e. The van der Waals surface area contributed by atoms with E-state index in [0.717, 1.165) is 5.56 Å². The summed E-state index contributed by atoms with van der Waals surface area (Å²) in [6, 6.07) is 10.2. The van der Waals surface area contributed by atoms with Gasteiger partial charge in [0.25, 0.3) is 0 Å². The highest BCUT2D eigenvalue weighted by Crippen LogP contribution is 2.15. The Bertz CT molecular complexity index is 422. The number of aromatic nitrogens is 1. The molecule has 2 rings (SSSR count). The minimum atomic E-state index is 0.663. The van der Waals surface area contributed by atoms with Gasteiger partial charge in [-0.05, 0) is 24.1 Å². The third kappa shape index (κ3) is 2.80. The molecule has 0 saturated carbocycles. The molecule has 0 N–H and O–H groups in total. The van der Waals surface area contributed by atoms with E-state index in [-0.39, 0.29) is 0 Å². The second-order valence-corrected chi connectivity index (χ2v) is 3.93. The van der Waals surface area contributed by atoms with E-state index in [1.165, 1.54) is 11.1 Å². The van der Waals surface area contributed by atoms with Gasteiger partial charge in [0.15, 0.2) is 0 Å². The predicted molar refractivity (Wildman–Crippen MR) is 62.9 cm³/mol. The predicted octanol–water partition coefficient (Wildman–Crippen LogP) is 3.64. The van der Waals surface area contributed by atoms with Crippen LogP contribution in [0.1, 0.15) is 16.7 Å². The zero-order valence-corrected chi connectivity index (χ0v) is 9.20. The minimum Gasteiger partial charge on any atom is -0.263 e. The molecule has 75 valence electrons. The summed E-state index contributed by atoms with van der Waals surface area (Å²) in [5, 5.41) is 0.663. The van der Waals surface area contributed by atoms with Gasteiger partial charge in [0, 0.05) is 18.8 Å². The fourth-order valence-electron chi connectivity index (χ4n) is 1.46. The van der Waals surface area contributed by atoms with Gasteiger partial charge in [0.05, 0.1) is 5.02 Å². The zero-order valence-electron chi connectivity index (χ0n) is 8.44. The van der Waals surface area contributed by atoms with Crippen LogP contribution in [-0.2, 0) is 0 Å². The summed E-state index contributed by atoms with van der Waals surface area (Å²) in [4.78, 5) is 4.04. The first-order valence-corrected chi connectivity index (χ1v) is 5.14. The fourth-order valence-corrected chi connectivity index (χ4v) is 1.64. The first kappa shape index (κ1) is 10.2. The quantitative estimate of drug-likeness (QED) is 0.747. The van der Waals surface area contributed by atoms with E-state index in [2.05, 4.69) is 36.5 Å². The third-order valence-electron chi connectivity index (χ3n) is 2.10. The molecule has 0 aliphatic carbocycles. The Hall–Kier alpha value is -1.34. The van der Waals surface area contributed by atoms with Crippen LogP contribution in [0.25, 0.3) is 0 Å². The number of hydrogen-bond acceptors (Lipinski definition) is 1. The van der Waals surface area contributed by atoms with Crippen molar-refractivity contribution < 1.29 is 0 Å². The molecule has 0 saturated heterocycles. The summed E-state index contributed by atoms with van der Waals surface area (Å²) < 4.78 is 0. The molecular formula is C13H11ClN. The van der Waals surface area contributed by atoms with Crippen molar-refractivity contribution in [2.24, 2.45) is 0 Å². The van der Waals surface area contributed by atoms with Crippen molar-refractivity contribution in [1.82, 2.24) is 4.98 Å². The van der Waals surface area contributed by atoms with E-state index in [1.807, 2.05) is 12.1 Å². The molecule has 0 atom stereocenters. The van der Waals surface area contributed by atoms with Gasteiger partial charge in [0.2, 0.25) is 0 Å². The lowest BCUT2D eigenvalue weighted by Gasteiger charge is -2.02. The summed E-state index contributed by atoms with van der Waals surface area (Å²) in [7, 11) is 0. The van der Waals surface area contributed by atoms with Crippen molar-refractivity contribution in [1.29, 1.82) is 0 Å². The molecule has 0 spiro atoms. The number of aryl methyl sites for hydroxylation is 1. The molecule has 1 nitrogen and oxygen atoms in total. The largest absolute Gasteiger partial charge is 0.263 e. The first-order valence-electron chi connectivity index (χ1n) is 4.76. The van der Waals surface area contributed by atoms with Gasteiger partial charge >= 0.3 is 0 Å². The lowest BCUT2D eigenvalue weighted by atomic mass is 10.0. The van der Waals surface area contributed by atoms with Crippen LogP contribution < -0.4 is 0 Å². The molecule has 2 heteroatoms. The SMILES string of the molecule is Cc1cccc([CH]c2cncc(Cl)c2)c1. The molecule has 1 radical (unpaired) electrons. The van der Waals surface area contributed by atoms with Crippen LogP contribution in [0.2, 0.25) is 5.02 Å². The highest BCUT2D eigenvalue weighted by Gasteiger charge is 1.98. The van der Waals surface area contributed by atoms with Crippen LogP contribution in [0.3, 0.4) is 0 Å². The normalized spacial score (nSPS) is 10.3. The summed E-state index contributed by atoms with van der Waals surface area (Å²) in [6.07, 6.45) is 5.50. The van der Waals surface area contributed by atoms with Crippen LogP contribution in [0.4, 0.5) is 0 Å². The van der Waals surface area contributed by atoms with E-state index in [4.69, 9.17) is 11.6 Å². The summed E-state index contributed by atoms with van der Waals surface area (Å²) in [6.45, 7) is 2.08. The van der Waals surface area contributed by atoms with Crippen molar-refractivity contribution in [3.63, 3.8) is 0 Å². The van der Waals surface area contributed by atoms with Crippen LogP contribution >= 0.6 is 11.6 Å². The van der Waals surface area contributed by atoms with Gasteiger partial charge < -0.3 is 0 Å². The zero-order chi connectivity index (χ0) is 10.7. The summed E-state index contributed by atoms with van der Waals surface area (Å²) in [5.41, 5.74) is 3.44. The smallest absolute Gasteiger partial charge is 0.0592 e. The Balaban J connectivity index is 2.22. The van der Waals surface area contributed by atoms with E-state index >= 15 is 0 Å². The van der Waals surface area contributed by atoms with E-state index < -0.39 is 0 Å². The number of pyridine rings is 1. The number of nitrogens with zero attached hydrogens (tertiary/aromatic N) is 1. The summed E-state index contributed by atoms with van der Waals surface area (Å²) >= 11 is 5.86. The van der Waals surface area contributed by atoms with Crippen molar-refractivity contribution in [2.75, 3.05) is 0 Å². The van der Waals surface area contributed by atoms with E-state index in [0.29, 0.717) is 5.02 Å². The highest BCUT2D eigenvalue weighted by molar-refractivity contribution is 6.30. The standard InChI is InChI=1S/C13H11ClN/c1-10-3-2-4-11(5-10)6-12-7-13(14)9-15-8-12/h2-9H,1H3. The van der Waals surface area contributed by atoms with Gasteiger partial charge in [-0.3, -0.25) is 4.98 Å². The molecule has 0 bridgehead atoms. The molecule has 1 heterocycles. The molecule has 1 aromatic carbocycles. The average Bonchev–Trinajstić information content (AvgIpc) is 2.17. The van der Waals surface area contributed by atoms with Gasteiger partial charge in [-0.1, -0.05) is 41.4 Å². The molecule has 0 fully saturated rings. The Morgan fingerprint density at radius 1 is 1.13 bits per heavy atom. The Kier molecular flexibility index (Phi) is 3.02. The Morgan fingerprint density at radius 2 is 2.00 bits per heavy atom. The average molecular weight is 217 g/mol. The van der Waals surface area contributed by atoms with Crippen molar-refractivity contribution >= 4 is 11.6 Å². The van der Waals surface area contributed by atoms with E-state index in [1.54, 1.807) is 12.4 Å². The van der Waals surface area contributed by atoms with Crippen LogP contribution in [0.15, 0.2) is 42.7 Å². The number of benzene rings is 1. The van der Waals surface area contributed by atoms with Crippen molar-refractivity contribution in [3.05, 3.63) is 70.9 Å². The topological polar surface area (TPSA) is 12.9 Å². The van der Waals surface area contributed by atoms with Gasteiger partial charge in [-0.15, -0.1) is 0 Å². The van der Waals surface area contributed by atoms with E-state index in [9.17, 15) is 0 Å². The number of hydrogen-bond donors (Lipinski definition) is 0. The fraction of sp³-hybridized carbons (Fsp3) is 0.0769.